The van der Waals surface area contributed by atoms with E-state index in [1.165, 1.54) is 10.9 Å². The largest absolute Gasteiger partial charge is 0.497 e. The van der Waals surface area contributed by atoms with E-state index in [9.17, 15) is 0 Å². The summed E-state index contributed by atoms with van der Waals surface area (Å²) in [5, 5.41) is 1.60. The van der Waals surface area contributed by atoms with Gasteiger partial charge in [0.15, 0.2) is 8.24 Å². The molecule has 0 amide bonds. The second-order valence-electron chi connectivity index (χ2n) is 6.42. The third kappa shape index (κ3) is 1.97. The van der Waals surface area contributed by atoms with Crippen LogP contribution in [0.25, 0.3) is 10.9 Å². The molecule has 0 aliphatic heterocycles. The standard InChI is InChI=1S/C15H23NOSi/c1-15(2,3)18(5,6)16-10-9-12-11-13(17-4)7-8-14(12)16/h7-11H,1-6H3. The first-order chi connectivity index (χ1) is 8.27. The predicted octanol–water partition coefficient (Wildman–Crippen LogP) is 4.50. The normalized spacial score (nSPS) is 13.0. The highest BCUT2D eigenvalue weighted by atomic mass is 28.3. The van der Waals surface area contributed by atoms with Crippen molar-refractivity contribution in [3.05, 3.63) is 30.5 Å². The fourth-order valence-electron chi connectivity index (χ4n) is 2.10. The maximum absolute atomic E-state index is 5.29. The Morgan fingerprint density at radius 2 is 1.78 bits per heavy atom. The van der Waals surface area contributed by atoms with E-state index in [1.54, 1.807) is 7.11 Å². The van der Waals surface area contributed by atoms with Gasteiger partial charge in [-0.05, 0) is 35.5 Å². The van der Waals surface area contributed by atoms with E-state index in [0.717, 1.165) is 5.75 Å². The maximum Gasteiger partial charge on any atom is 0.161 e. The van der Waals surface area contributed by atoms with Gasteiger partial charge in [-0.3, -0.25) is 0 Å². The molecule has 1 aromatic carbocycles. The van der Waals surface area contributed by atoms with Crippen LogP contribution >= 0.6 is 0 Å². The van der Waals surface area contributed by atoms with Crippen LogP contribution in [-0.4, -0.2) is 19.6 Å². The second kappa shape index (κ2) is 4.16. The third-order valence-electron chi connectivity index (χ3n) is 4.34. The Kier molecular flexibility index (Phi) is 3.05. The van der Waals surface area contributed by atoms with E-state index < -0.39 is 8.24 Å². The summed E-state index contributed by atoms with van der Waals surface area (Å²) in [7, 11) is 0.169. The molecule has 0 N–H and O–H groups in total. The zero-order valence-corrected chi connectivity index (χ0v) is 13.2. The van der Waals surface area contributed by atoms with E-state index in [-0.39, 0.29) is 0 Å². The summed E-state index contributed by atoms with van der Waals surface area (Å²) in [6, 6.07) is 8.53. The number of fused-ring (bicyclic) bond motifs is 1. The smallest absolute Gasteiger partial charge is 0.161 e. The molecular weight excluding hydrogens is 238 g/mol. The van der Waals surface area contributed by atoms with E-state index in [4.69, 9.17) is 4.74 Å². The molecule has 0 saturated heterocycles. The summed E-state index contributed by atoms with van der Waals surface area (Å²) in [6.45, 7) is 11.9. The molecule has 2 aromatic rings. The van der Waals surface area contributed by atoms with Crippen LogP contribution < -0.4 is 4.74 Å². The van der Waals surface area contributed by atoms with Crippen molar-refractivity contribution >= 4 is 19.1 Å². The lowest BCUT2D eigenvalue weighted by Crippen LogP contribution is -2.44. The minimum atomic E-state index is -1.54. The maximum atomic E-state index is 5.29. The number of aromatic nitrogens is 1. The number of hydrogen-bond acceptors (Lipinski definition) is 1. The third-order valence-corrected chi connectivity index (χ3v) is 9.60. The highest BCUT2D eigenvalue weighted by molar-refractivity contribution is 6.79. The summed E-state index contributed by atoms with van der Waals surface area (Å²) in [5.74, 6) is 0.926. The molecule has 0 atom stereocenters. The zero-order valence-electron chi connectivity index (χ0n) is 12.2. The molecule has 0 bridgehead atoms. The Morgan fingerprint density at radius 3 is 2.33 bits per heavy atom. The fraction of sp³-hybridized carbons (Fsp3) is 0.467. The quantitative estimate of drug-likeness (QED) is 0.726. The highest BCUT2D eigenvalue weighted by Gasteiger charge is 2.37. The van der Waals surface area contributed by atoms with Gasteiger partial charge in [0.05, 0.1) is 7.11 Å². The van der Waals surface area contributed by atoms with E-state index in [0.29, 0.717) is 5.04 Å². The average molecular weight is 261 g/mol. The van der Waals surface area contributed by atoms with Gasteiger partial charge in [0.2, 0.25) is 0 Å². The number of hydrogen-bond donors (Lipinski definition) is 0. The first kappa shape index (κ1) is 13.2. The second-order valence-corrected chi connectivity index (χ2v) is 11.5. The summed E-state index contributed by atoms with van der Waals surface area (Å²) in [6.07, 6.45) is 2.24. The Bertz CT molecular complexity index is 563. The van der Waals surface area contributed by atoms with Crippen LogP contribution in [0.5, 0.6) is 5.75 Å². The molecule has 2 rings (SSSR count). The van der Waals surface area contributed by atoms with Gasteiger partial charge in [-0.25, -0.2) is 0 Å². The topological polar surface area (TPSA) is 14.2 Å². The Morgan fingerprint density at radius 1 is 1.11 bits per heavy atom. The molecule has 2 nitrogen and oxygen atoms in total. The first-order valence-electron chi connectivity index (χ1n) is 6.43. The van der Waals surface area contributed by atoms with Crippen LogP contribution in [0, 0.1) is 0 Å². The monoisotopic (exact) mass is 261 g/mol. The molecule has 0 aliphatic carbocycles. The summed E-state index contributed by atoms with van der Waals surface area (Å²) >= 11 is 0. The highest BCUT2D eigenvalue weighted by Crippen LogP contribution is 2.39. The molecule has 18 heavy (non-hydrogen) atoms. The van der Waals surface area contributed by atoms with Gasteiger partial charge in [-0.1, -0.05) is 33.9 Å². The molecule has 1 aromatic heterocycles. The van der Waals surface area contributed by atoms with Crippen LogP contribution in [0.3, 0.4) is 0 Å². The summed E-state index contributed by atoms with van der Waals surface area (Å²) in [5.41, 5.74) is 1.32. The summed E-state index contributed by atoms with van der Waals surface area (Å²) in [4.78, 5) is 0. The predicted molar refractivity (Wildman–Crippen MR) is 81.1 cm³/mol. The molecule has 1 heterocycles. The van der Waals surface area contributed by atoms with E-state index in [2.05, 4.69) is 62.5 Å². The van der Waals surface area contributed by atoms with Gasteiger partial charge in [-0.2, -0.15) is 0 Å². The number of benzene rings is 1. The van der Waals surface area contributed by atoms with Crippen LogP contribution in [0.2, 0.25) is 18.1 Å². The molecule has 0 fully saturated rings. The molecule has 3 heteroatoms. The van der Waals surface area contributed by atoms with Gasteiger partial charge in [-0.15, -0.1) is 0 Å². The van der Waals surface area contributed by atoms with Crippen molar-refractivity contribution in [2.24, 2.45) is 0 Å². The van der Waals surface area contributed by atoms with Crippen molar-refractivity contribution in [1.82, 2.24) is 4.23 Å². The fourth-order valence-corrected chi connectivity index (χ4v) is 4.07. The van der Waals surface area contributed by atoms with Gasteiger partial charge in [0.1, 0.15) is 5.75 Å². The molecule has 0 radical (unpaired) electrons. The minimum absolute atomic E-state index is 0.332. The van der Waals surface area contributed by atoms with Crippen LogP contribution in [-0.2, 0) is 0 Å². The lowest BCUT2D eigenvalue weighted by Gasteiger charge is -2.38. The Hall–Kier alpha value is -1.22. The number of nitrogens with zero attached hydrogens (tertiary/aromatic N) is 1. The first-order valence-corrected chi connectivity index (χ1v) is 9.38. The van der Waals surface area contributed by atoms with Crippen molar-refractivity contribution < 1.29 is 4.74 Å². The molecule has 0 saturated carbocycles. The van der Waals surface area contributed by atoms with Gasteiger partial charge < -0.3 is 8.97 Å². The zero-order chi connectivity index (χ0) is 13.6. The number of rotatable bonds is 2. The van der Waals surface area contributed by atoms with Crippen molar-refractivity contribution in [2.75, 3.05) is 7.11 Å². The molecule has 0 unspecified atom stereocenters. The average Bonchev–Trinajstić information content (AvgIpc) is 2.70. The Balaban J connectivity index is 2.60. The lowest BCUT2D eigenvalue weighted by atomic mass is 10.2. The molecular formula is C15H23NOSi. The van der Waals surface area contributed by atoms with Gasteiger partial charge in [0, 0.05) is 10.9 Å². The summed E-state index contributed by atoms with van der Waals surface area (Å²) < 4.78 is 7.79. The van der Waals surface area contributed by atoms with Crippen LogP contribution in [0.15, 0.2) is 30.5 Å². The van der Waals surface area contributed by atoms with E-state index in [1.807, 2.05) is 6.07 Å². The number of ether oxygens (including phenoxy) is 1. The van der Waals surface area contributed by atoms with Crippen LogP contribution in [0.1, 0.15) is 20.8 Å². The van der Waals surface area contributed by atoms with Crippen molar-refractivity contribution in [2.45, 2.75) is 38.9 Å². The molecule has 0 spiro atoms. The van der Waals surface area contributed by atoms with E-state index >= 15 is 0 Å². The SMILES string of the molecule is COc1ccc2c(ccn2[Si](C)(C)C(C)(C)C)c1. The van der Waals surface area contributed by atoms with Crippen molar-refractivity contribution in [1.29, 1.82) is 0 Å². The van der Waals surface area contributed by atoms with Crippen molar-refractivity contribution in [3.63, 3.8) is 0 Å². The van der Waals surface area contributed by atoms with Crippen LogP contribution in [0.4, 0.5) is 0 Å². The van der Waals surface area contributed by atoms with Gasteiger partial charge in [0.25, 0.3) is 0 Å². The molecule has 0 aliphatic rings. The Labute approximate surface area is 111 Å². The lowest BCUT2D eigenvalue weighted by molar-refractivity contribution is 0.415. The molecule has 98 valence electrons. The minimum Gasteiger partial charge on any atom is -0.497 e. The van der Waals surface area contributed by atoms with Gasteiger partial charge >= 0.3 is 0 Å². The van der Waals surface area contributed by atoms with Crippen molar-refractivity contribution in [3.8, 4) is 5.75 Å². The number of methoxy groups -OCH3 is 1.